The average molecular weight is 266 g/mol. The third kappa shape index (κ3) is 3.98. The van der Waals surface area contributed by atoms with Gasteiger partial charge in [-0.25, -0.2) is 4.98 Å². The lowest BCUT2D eigenvalue weighted by molar-refractivity contribution is 0.111. The molecule has 2 rings (SSSR count). The Morgan fingerprint density at radius 1 is 1.28 bits per heavy atom. The number of rotatable bonds is 6. The molecule has 0 amide bonds. The number of halogens is 1. The molecule has 0 radical (unpaired) electrons. The number of carbonyl (C=O) groups excluding carboxylic acids is 1. The minimum absolute atomic E-state index is 0. The van der Waals surface area contributed by atoms with Crippen LogP contribution in [0, 0.1) is 0 Å². The lowest BCUT2D eigenvalue weighted by Gasteiger charge is -2.06. The van der Waals surface area contributed by atoms with Crippen molar-refractivity contribution in [1.29, 1.82) is 0 Å². The van der Waals surface area contributed by atoms with Gasteiger partial charge in [0.2, 0.25) is 0 Å². The zero-order valence-corrected chi connectivity index (χ0v) is 10.8. The summed E-state index contributed by atoms with van der Waals surface area (Å²) in [5.41, 5.74) is 1.26. The van der Waals surface area contributed by atoms with Crippen molar-refractivity contribution in [2.75, 3.05) is 6.54 Å². The average Bonchev–Trinajstić information content (AvgIpc) is 2.83. The Hall–Kier alpha value is -1.65. The highest BCUT2D eigenvalue weighted by atomic mass is 35.5. The molecule has 0 spiro atoms. The van der Waals surface area contributed by atoms with E-state index in [-0.39, 0.29) is 12.4 Å². The van der Waals surface area contributed by atoms with E-state index in [2.05, 4.69) is 22.4 Å². The van der Waals surface area contributed by atoms with E-state index in [0.717, 1.165) is 25.9 Å². The maximum atomic E-state index is 10.6. The second-order valence-corrected chi connectivity index (χ2v) is 3.76. The van der Waals surface area contributed by atoms with Crippen LogP contribution in [0.3, 0.4) is 0 Å². The van der Waals surface area contributed by atoms with E-state index in [9.17, 15) is 4.79 Å². The molecular weight excluding hydrogens is 250 g/mol. The van der Waals surface area contributed by atoms with Gasteiger partial charge in [0.05, 0.1) is 0 Å². The first-order chi connectivity index (χ1) is 8.40. The molecule has 0 unspecified atom stereocenters. The number of aldehydes is 1. The van der Waals surface area contributed by atoms with Crippen molar-refractivity contribution in [3.8, 4) is 0 Å². The Morgan fingerprint density at radius 2 is 2.06 bits per heavy atom. The van der Waals surface area contributed by atoms with E-state index in [1.807, 2.05) is 29.0 Å². The normalized spacial score (nSPS) is 9.78. The minimum Gasteiger partial charge on any atom is -0.327 e. The summed E-state index contributed by atoms with van der Waals surface area (Å²) in [7, 11) is 0. The van der Waals surface area contributed by atoms with E-state index in [1.165, 1.54) is 5.56 Å². The summed E-state index contributed by atoms with van der Waals surface area (Å²) in [6.45, 7) is 2.40. The zero-order valence-electron chi connectivity index (χ0n) is 9.95. The second kappa shape index (κ2) is 7.63. The number of benzene rings is 1. The lowest BCUT2D eigenvalue weighted by Crippen LogP contribution is -2.20. The van der Waals surface area contributed by atoms with Gasteiger partial charge < -0.3 is 9.88 Å². The van der Waals surface area contributed by atoms with Gasteiger partial charge in [0.15, 0.2) is 12.1 Å². The Kier molecular flexibility index (Phi) is 6.11. The molecule has 1 N–H and O–H groups in total. The van der Waals surface area contributed by atoms with Crippen LogP contribution in [0.25, 0.3) is 0 Å². The van der Waals surface area contributed by atoms with Crippen molar-refractivity contribution < 1.29 is 4.79 Å². The van der Waals surface area contributed by atoms with Gasteiger partial charge in [0, 0.05) is 32.0 Å². The highest BCUT2D eigenvalue weighted by Crippen LogP contribution is 1.97. The quantitative estimate of drug-likeness (QED) is 0.641. The second-order valence-electron chi connectivity index (χ2n) is 3.76. The molecule has 4 nitrogen and oxygen atoms in total. The van der Waals surface area contributed by atoms with Crippen LogP contribution in [0.4, 0.5) is 0 Å². The summed E-state index contributed by atoms with van der Waals surface area (Å²) in [5.74, 6) is 0.478. The molecule has 2 aromatic rings. The molecular formula is C13H16ClN3O. The molecule has 0 saturated carbocycles. The van der Waals surface area contributed by atoms with Crippen LogP contribution in [0.2, 0.25) is 0 Å². The molecule has 18 heavy (non-hydrogen) atoms. The van der Waals surface area contributed by atoms with Crippen LogP contribution in [-0.4, -0.2) is 22.4 Å². The fraction of sp³-hybridized carbons (Fsp3) is 0.231. The number of hydrogen-bond acceptors (Lipinski definition) is 3. The van der Waals surface area contributed by atoms with Gasteiger partial charge in [0.25, 0.3) is 0 Å². The summed E-state index contributed by atoms with van der Waals surface area (Å²) in [5, 5.41) is 3.33. The minimum atomic E-state index is 0. The number of aromatic nitrogens is 2. The molecule has 0 bridgehead atoms. The summed E-state index contributed by atoms with van der Waals surface area (Å²) < 4.78 is 1.84. The molecule has 0 aliphatic carbocycles. The standard InChI is InChI=1S/C13H15N3O.ClH/c17-11-13-15-7-9-16(13)8-6-14-10-12-4-2-1-3-5-12;/h1-5,7,9,11,14H,6,8,10H2;1H. The van der Waals surface area contributed by atoms with E-state index in [1.54, 1.807) is 6.20 Å². The smallest absolute Gasteiger partial charge is 0.185 e. The van der Waals surface area contributed by atoms with Crippen molar-refractivity contribution in [3.63, 3.8) is 0 Å². The summed E-state index contributed by atoms with van der Waals surface area (Å²) in [6, 6.07) is 10.2. The van der Waals surface area contributed by atoms with E-state index in [0.29, 0.717) is 5.82 Å². The fourth-order valence-corrected chi connectivity index (χ4v) is 1.66. The van der Waals surface area contributed by atoms with Gasteiger partial charge in [0.1, 0.15) is 0 Å². The molecule has 0 aliphatic rings. The third-order valence-corrected chi connectivity index (χ3v) is 2.55. The van der Waals surface area contributed by atoms with Crippen LogP contribution < -0.4 is 5.32 Å². The number of hydrogen-bond donors (Lipinski definition) is 1. The number of nitrogens with zero attached hydrogens (tertiary/aromatic N) is 2. The van der Waals surface area contributed by atoms with Crippen LogP contribution in [-0.2, 0) is 13.1 Å². The highest BCUT2D eigenvalue weighted by molar-refractivity contribution is 5.85. The van der Waals surface area contributed by atoms with Crippen molar-refractivity contribution in [2.24, 2.45) is 0 Å². The molecule has 1 aromatic carbocycles. The number of carbonyl (C=O) groups is 1. The zero-order chi connectivity index (χ0) is 11.9. The van der Waals surface area contributed by atoms with E-state index in [4.69, 9.17) is 0 Å². The summed E-state index contributed by atoms with van der Waals surface area (Å²) in [4.78, 5) is 14.6. The van der Waals surface area contributed by atoms with Crippen molar-refractivity contribution in [2.45, 2.75) is 13.1 Å². The van der Waals surface area contributed by atoms with Gasteiger partial charge in [-0.3, -0.25) is 4.79 Å². The first-order valence-electron chi connectivity index (χ1n) is 5.61. The topological polar surface area (TPSA) is 46.9 Å². The third-order valence-electron chi connectivity index (χ3n) is 2.55. The van der Waals surface area contributed by atoms with Gasteiger partial charge in [-0.05, 0) is 5.56 Å². The largest absolute Gasteiger partial charge is 0.327 e. The van der Waals surface area contributed by atoms with Crippen molar-refractivity contribution in [1.82, 2.24) is 14.9 Å². The van der Waals surface area contributed by atoms with Crippen LogP contribution in [0.5, 0.6) is 0 Å². The maximum absolute atomic E-state index is 10.6. The SMILES string of the molecule is Cl.O=Cc1nccn1CCNCc1ccccc1. The molecule has 5 heteroatoms. The van der Waals surface area contributed by atoms with E-state index >= 15 is 0 Å². The molecule has 0 fully saturated rings. The molecule has 0 atom stereocenters. The van der Waals surface area contributed by atoms with Gasteiger partial charge in [-0.1, -0.05) is 30.3 Å². The lowest BCUT2D eigenvalue weighted by atomic mass is 10.2. The monoisotopic (exact) mass is 265 g/mol. The summed E-state index contributed by atoms with van der Waals surface area (Å²) >= 11 is 0. The van der Waals surface area contributed by atoms with Gasteiger partial charge in [-0.15, -0.1) is 12.4 Å². The van der Waals surface area contributed by atoms with E-state index < -0.39 is 0 Å². The van der Waals surface area contributed by atoms with Crippen molar-refractivity contribution in [3.05, 3.63) is 54.1 Å². The van der Waals surface area contributed by atoms with Gasteiger partial charge in [-0.2, -0.15) is 0 Å². The number of imidazole rings is 1. The van der Waals surface area contributed by atoms with Gasteiger partial charge >= 0.3 is 0 Å². The molecule has 96 valence electrons. The Morgan fingerprint density at radius 3 is 2.78 bits per heavy atom. The predicted octanol–water partition coefficient (Wildman–Crippen LogP) is 1.91. The van der Waals surface area contributed by atoms with Crippen LogP contribution in [0.1, 0.15) is 16.2 Å². The first kappa shape index (κ1) is 14.4. The molecule has 1 aromatic heterocycles. The maximum Gasteiger partial charge on any atom is 0.185 e. The van der Waals surface area contributed by atoms with Crippen LogP contribution >= 0.6 is 12.4 Å². The Labute approximate surface area is 112 Å². The summed E-state index contributed by atoms with van der Waals surface area (Å²) in [6.07, 6.45) is 4.23. The molecule has 1 heterocycles. The predicted molar refractivity (Wildman–Crippen MR) is 73.0 cm³/mol. The molecule has 0 aliphatic heterocycles. The first-order valence-corrected chi connectivity index (χ1v) is 5.61. The molecule has 0 saturated heterocycles. The Bertz CT molecular complexity index is 470. The fourth-order valence-electron chi connectivity index (χ4n) is 1.66. The van der Waals surface area contributed by atoms with Crippen LogP contribution in [0.15, 0.2) is 42.7 Å². The number of nitrogens with one attached hydrogen (secondary N) is 1. The highest BCUT2D eigenvalue weighted by Gasteiger charge is 1.99. The van der Waals surface area contributed by atoms with Crippen molar-refractivity contribution >= 4 is 18.7 Å². The Balaban J connectivity index is 0.00000162.